The lowest BCUT2D eigenvalue weighted by molar-refractivity contribution is -0.539. The third kappa shape index (κ3) is 2.85. The van der Waals surface area contributed by atoms with Crippen LogP contribution in [-0.2, 0) is 0 Å². The molecule has 1 fully saturated rings. The highest BCUT2D eigenvalue weighted by Gasteiger charge is 2.42. The number of phenols is 1. The number of hydrogen-bond acceptors (Lipinski definition) is 4. The van der Waals surface area contributed by atoms with Gasteiger partial charge in [0, 0.05) is 10.4 Å². The molecule has 1 aliphatic heterocycles. The zero-order valence-corrected chi connectivity index (χ0v) is 12.6. The van der Waals surface area contributed by atoms with Crippen LogP contribution in [0, 0.1) is 0 Å². The number of benzene rings is 1. The Labute approximate surface area is 124 Å². The number of quaternary nitrogens is 1. The molecule has 3 atom stereocenters. The van der Waals surface area contributed by atoms with E-state index < -0.39 is 0 Å². The first-order valence-corrected chi connectivity index (χ1v) is 8.06. The molecule has 1 aliphatic carbocycles. The summed E-state index contributed by atoms with van der Waals surface area (Å²) < 4.78 is 0. The van der Waals surface area contributed by atoms with Gasteiger partial charge >= 0.3 is 0 Å². The highest BCUT2D eigenvalue weighted by Crippen LogP contribution is 2.40. The van der Waals surface area contributed by atoms with E-state index in [0.29, 0.717) is 16.1 Å². The Kier molecular flexibility index (Phi) is 3.91. The summed E-state index contributed by atoms with van der Waals surface area (Å²) in [5.41, 5.74) is 2.51. The molecule has 0 amide bonds. The van der Waals surface area contributed by atoms with Crippen LogP contribution in [0.5, 0.6) is 5.75 Å². The van der Waals surface area contributed by atoms with Crippen LogP contribution in [0.4, 0.5) is 0 Å². The molecule has 3 rings (SSSR count). The smallest absolute Gasteiger partial charge is 0.283 e. The molecule has 6 heteroatoms. The van der Waals surface area contributed by atoms with Crippen LogP contribution in [0.1, 0.15) is 18.4 Å². The van der Waals surface area contributed by atoms with Gasteiger partial charge in [-0.15, -0.1) is 0 Å². The fraction of sp³-hybridized carbons (Fsp3) is 0.385. The fourth-order valence-electron chi connectivity index (χ4n) is 2.37. The summed E-state index contributed by atoms with van der Waals surface area (Å²) in [6, 6.07) is 7.61. The van der Waals surface area contributed by atoms with Gasteiger partial charge in [-0.25, -0.2) is 4.99 Å². The SMILES string of the molecule is Oc1ccccc1C=N[NH2+]C1=NC2CCC(Br)C2S1. The van der Waals surface area contributed by atoms with Crippen LogP contribution in [0.3, 0.4) is 0 Å². The Hall–Kier alpha value is -0.850. The van der Waals surface area contributed by atoms with Crippen LogP contribution in [0.15, 0.2) is 34.4 Å². The lowest BCUT2D eigenvalue weighted by atomic mass is 10.2. The topological polar surface area (TPSA) is 61.6 Å². The average Bonchev–Trinajstić information content (AvgIpc) is 2.95. The molecule has 0 saturated heterocycles. The number of nitrogens with zero attached hydrogens (tertiary/aromatic N) is 2. The number of halogens is 1. The summed E-state index contributed by atoms with van der Waals surface area (Å²) in [5.74, 6) is 0.248. The first kappa shape index (κ1) is 13.1. The van der Waals surface area contributed by atoms with Crippen molar-refractivity contribution in [2.75, 3.05) is 0 Å². The monoisotopic (exact) mass is 340 g/mol. The van der Waals surface area contributed by atoms with Crippen molar-refractivity contribution in [2.24, 2.45) is 10.1 Å². The van der Waals surface area contributed by atoms with Crippen LogP contribution >= 0.6 is 27.7 Å². The van der Waals surface area contributed by atoms with Gasteiger partial charge in [-0.2, -0.15) is 5.43 Å². The molecule has 0 radical (unpaired) electrons. The average molecular weight is 341 g/mol. The number of thioether (sulfide) groups is 1. The van der Waals surface area contributed by atoms with E-state index in [4.69, 9.17) is 0 Å². The molecule has 1 aromatic carbocycles. The maximum atomic E-state index is 9.62. The fourth-order valence-corrected chi connectivity index (χ4v) is 4.54. The second-order valence-electron chi connectivity index (χ2n) is 4.68. The summed E-state index contributed by atoms with van der Waals surface area (Å²) >= 11 is 5.51. The van der Waals surface area contributed by atoms with Gasteiger partial charge in [0.25, 0.3) is 5.17 Å². The number of fused-ring (bicyclic) bond motifs is 1. The van der Waals surface area contributed by atoms with Gasteiger partial charge in [-0.3, -0.25) is 0 Å². The second kappa shape index (κ2) is 5.64. The number of rotatable bonds is 2. The summed E-state index contributed by atoms with van der Waals surface area (Å²) in [7, 11) is 0. The minimum atomic E-state index is 0.248. The van der Waals surface area contributed by atoms with Crippen molar-refractivity contribution in [1.82, 2.24) is 0 Å². The van der Waals surface area contributed by atoms with Crippen molar-refractivity contribution in [3.8, 4) is 5.75 Å². The Balaban J connectivity index is 1.61. The number of hydrogen-bond donors (Lipinski definition) is 2. The second-order valence-corrected chi connectivity index (χ2v) is 7.05. The number of aromatic hydroxyl groups is 1. The Morgan fingerprint density at radius 2 is 2.26 bits per heavy atom. The molecule has 0 spiro atoms. The molecule has 4 nitrogen and oxygen atoms in total. The van der Waals surface area contributed by atoms with E-state index >= 15 is 0 Å². The molecular weight excluding hydrogens is 326 g/mol. The van der Waals surface area contributed by atoms with Crippen LogP contribution in [0.25, 0.3) is 0 Å². The Morgan fingerprint density at radius 1 is 1.42 bits per heavy atom. The molecule has 1 heterocycles. The van der Waals surface area contributed by atoms with Crippen molar-refractivity contribution in [2.45, 2.75) is 29.0 Å². The molecule has 1 aromatic rings. The number of phenolic OH excluding ortho intramolecular Hbond substituents is 1. The van der Waals surface area contributed by atoms with E-state index in [1.165, 1.54) is 6.42 Å². The maximum absolute atomic E-state index is 9.62. The van der Waals surface area contributed by atoms with Crippen molar-refractivity contribution < 1.29 is 10.5 Å². The largest absolute Gasteiger partial charge is 0.507 e. The molecule has 3 unspecified atom stereocenters. The number of para-hydroxylation sites is 1. The molecule has 3 N–H and O–H groups in total. The van der Waals surface area contributed by atoms with E-state index in [-0.39, 0.29) is 5.75 Å². The molecule has 2 aliphatic rings. The van der Waals surface area contributed by atoms with Gasteiger partial charge in [-0.1, -0.05) is 33.2 Å². The molecule has 100 valence electrons. The van der Waals surface area contributed by atoms with E-state index in [0.717, 1.165) is 17.2 Å². The standard InChI is InChI=1S/C13H14BrN3OS/c14-9-5-6-10-12(9)19-13(16-10)17-15-7-8-3-1-2-4-11(8)18/h1-4,7,9-10,12,18H,5-6H2,(H,16,17)/p+1. The van der Waals surface area contributed by atoms with E-state index in [2.05, 4.69) is 26.0 Å². The van der Waals surface area contributed by atoms with Crippen molar-refractivity contribution in [3.63, 3.8) is 0 Å². The first-order chi connectivity index (χ1) is 9.24. The predicted octanol–water partition coefficient (Wildman–Crippen LogP) is 1.69. The van der Waals surface area contributed by atoms with Gasteiger partial charge in [0.05, 0.1) is 17.5 Å². The van der Waals surface area contributed by atoms with Gasteiger partial charge in [0.15, 0.2) is 0 Å². The van der Waals surface area contributed by atoms with Gasteiger partial charge < -0.3 is 5.11 Å². The maximum Gasteiger partial charge on any atom is 0.283 e. The number of amidine groups is 1. The molecule has 0 aromatic heterocycles. The number of nitrogens with two attached hydrogens (primary N) is 1. The minimum Gasteiger partial charge on any atom is -0.507 e. The van der Waals surface area contributed by atoms with Crippen molar-refractivity contribution in [3.05, 3.63) is 29.8 Å². The van der Waals surface area contributed by atoms with E-state index in [9.17, 15) is 5.11 Å². The van der Waals surface area contributed by atoms with E-state index in [1.54, 1.807) is 35.5 Å². The first-order valence-electron chi connectivity index (χ1n) is 6.27. The third-order valence-electron chi connectivity index (χ3n) is 3.36. The summed E-state index contributed by atoms with van der Waals surface area (Å²) in [4.78, 5) is 5.24. The Bertz CT molecular complexity index is 534. The molecule has 0 bridgehead atoms. The highest BCUT2D eigenvalue weighted by atomic mass is 79.9. The molecular formula is C13H15BrN3OS+. The van der Waals surface area contributed by atoms with Gasteiger partial charge in [0.1, 0.15) is 5.75 Å². The van der Waals surface area contributed by atoms with Crippen molar-refractivity contribution in [1.29, 1.82) is 0 Å². The van der Waals surface area contributed by atoms with Crippen LogP contribution < -0.4 is 5.43 Å². The lowest BCUT2D eigenvalue weighted by Gasteiger charge is -2.07. The quantitative estimate of drug-likeness (QED) is 0.372. The van der Waals surface area contributed by atoms with Crippen LogP contribution in [0.2, 0.25) is 0 Å². The highest BCUT2D eigenvalue weighted by molar-refractivity contribution is 9.09. The normalized spacial score (nSPS) is 29.7. The van der Waals surface area contributed by atoms with Gasteiger partial charge in [-0.05, 0) is 36.7 Å². The van der Waals surface area contributed by atoms with E-state index in [1.807, 2.05) is 12.1 Å². The summed E-state index contributed by atoms with van der Waals surface area (Å²) in [5, 5.41) is 15.4. The zero-order valence-electron chi connectivity index (χ0n) is 10.2. The summed E-state index contributed by atoms with van der Waals surface area (Å²) in [6.07, 6.45) is 4.03. The third-order valence-corrected chi connectivity index (χ3v) is 6.10. The van der Waals surface area contributed by atoms with Crippen molar-refractivity contribution >= 4 is 39.1 Å². The predicted molar refractivity (Wildman–Crippen MR) is 82.2 cm³/mol. The lowest BCUT2D eigenvalue weighted by Crippen LogP contribution is -2.81. The van der Waals surface area contributed by atoms with Gasteiger partial charge in [0.2, 0.25) is 0 Å². The van der Waals surface area contributed by atoms with Crippen LogP contribution in [-0.4, -0.2) is 32.6 Å². The molecule has 19 heavy (non-hydrogen) atoms. The Morgan fingerprint density at radius 3 is 3.05 bits per heavy atom. The minimum absolute atomic E-state index is 0.248. The zero-order chi connectivity index (χ0) is 13.2. The molecule has 1 saturated carbocycles. The summed E-state index contributed by atoms with van der Waals surface area (Å²) in [6.45, 7) is 0. The number of alkyl halides is 1. The number of aliphatic imine (C=N–C) groups is 1.